The average Bonchev–Trinajstić information content (AvgIpc) is 3.35. The van der Waals surface area contributed by atoms with Gasteiger partial charge in [0.05, 0.1) is 18.0 Å². The van der Waals surface area contributed by atoms with E-state index in [1.165, 1.54) is 35.5 Å². The lowest BCUT2D eigenvalue weighted by atomic mass is 9.93. The lowest BCUT2D eigenvalue weighted by molar-refractivity contribution is -0.153. The molecule has 13 heteroatoms. The second kappa shape index (κ2) is 10.3. The van der Waals surface area contributed by atoms with E-state index in [2.05, 4.69) is 14.3 Å². The molecule has 1 saturated heterocycles. The van der Waals surface area contributed by atoms with E-state index in [9.17, 15) is 26.0 Å². The number of aromatic nitrogens is 2. The van der Waals surface area contributed by atoms with E-state index in [1.54, 1.807) is 18.2 Å². The lowest BCUT2D eigenvalue weighted by Gasteiger charge is -2.47. The maximum atomic E-state index is 13.6. The Morgan fingerprint density at radius 2 is 1.86 bits per heavy atom. The minimum Gasteiger partial charge on any atom is -0.493 e. The van der Waals surface area contributed by atoms with Crippen molar-refractivity contribution in [1.82, 2.24) is 19.2 Å². The number of halogens is 4. The van der Waals surface area contributed by atoms with Crippen LogP contribution in [0.4, 0.5) is 17.6 Å². The fraction of sp³-hybridized carbons (Fsp3) is 0.417. The molecule has 0 unspecified atom stereocenters. The molecule has 5 rings (SSSR count). The van der Waals surface area contributed by atoms with Crippen LogP contribution in [0.15, 0.2) is 53.7 Å². The zero-order valence-electron chi connectivity index (χ0n) is 19.6. The van der Waals surface area contributed by atoms with Crippen LogP contribution < -0.4 is 4.74 Å². The fourth-order valence-electron chi connectivity index (χ4n) is 5.00. The highest BCUT2D eigenvalue weighted by atomic mass is 32.2. The van der Waals surface area contributed by atoms with E-state index in [0.29, 0.717) is 30.3 Å². The first-order chi connectivity index (χ1) is 17.6. The maximum Gasteiger partial charge on any atom is 0.401 e. The molecule has 1 fully saturated rings. The highest BCUT2D eigenvalue weighted by Gasteiger charge is 2.40. The van der Waals surface area contributed by atoms with Crippen LogP contribution in [0.1, 0.15) is 34.6 Å². The van der Waals surface area contributed by atoms with E-state index in [0.717, 1.165) is 22.7 Å². The van der Waals surface area contributed by atoms with Gasteiger partial charge in [-0.15, -0.1) is 0 Å². The van der Waals surface area contributed by atoms with Gasteiger partial charge in [-0.05, 0) is 41.4 Å². The number of rotatable bonds is 6. The van der Waals surface area contributed by atoms with Crippen LogP contribution in [0.25, 0.3) is 0 Å². The second-order valence-corrected chi connectivity index (χ2v) is 12.0. The largest absolute Gasteiger partial charge is 0.493 e. The molecule has 1 aromatic heterocycles. The number of sulfone groups is 1. The predicted octanol–water partition coefficient (Wildman–Crippen LogP) is 4.40. The van der Waals surface area contributed by atoms with E-state index in [4.69, 9.17) is 4.74 Å². The summed E-state index contributed by atoms with van der Waals surface area (Å²) in [5.74, 6) is -0.254. The molecule has 2 aliphatic heterocycles. The minimum absolute atomic E-state index is 0.104. The van der Waals surface area contributed by atoms with Crippen molar-refractivity contribution < 1.29 is 30.7 Å². The topological polar surface area (TPSA) is 75.6 Å². The number of hydrogen-bond donors (Lipinski definition) is 0. The first kappa shape index (κ1) is 26.0. The number of alkyl halides is 3. The van der Waals surface area contributed by atoms with Gasteiger partial charge in [0.25, 0.3) is 0 Å². The van der Waals surface area contributed by atoms with Gasteiger partial charge >= 0.3 is 6.18 Å². The Bertz CT molecular complexity index is 1340. The number of piperazine rings is 1. The molecule has 2 aromatic carbocycles. The maximum absolute atomic E-state index is 13.6. The summed E-state index contributed by atoms with van der Waals surface area (Å²) in [6.07, 6.45) is -2.43. The van der Waals surface area contributed by atoms with Crippen LogP contribution in [0.5, 0.6) is 5.75 Å². The monoisotopic (exact) mass is 556 g/mol. The van der Waals surface area contributed by atoms with Gasteiger partial charge in [-0.2, -0.15) is 17.5 Å². The molecule has 198 valence electrons. The van der Waals surface area contributed by atoms with Crippen LogP contribution >= 0.6 is 11.5 Å². The summed E-state index contributed by atoms with van der Waals surface area (Å²) in [6.45, 7) is 0.0267. The third-order valence-corrected chi connectivity index (χ3v) is 9.10. The van der Waals surface area contributed by atoms with E-state index < -0.39 is 34.4 Å². The zero-order chi connectivity index (χ0) is 26.2. The quantitative estimate of drug-likeness (QED) is 0.417. The Labute approximate surface area is 215 Å². The molecule has 37 heavy (non-hydrogen) atoms. The van der Waals surface area contributed by atoms with Gasteiger partial charge in [0.15, 0.2) is 9.84 Å². The van der Waals surface area contributed by atoms with Gasteiger partial charge in [0, 0.05) is 43.7 Å². The Morgan fingerprint density at radius 3 is 2.57 bits per heavy atom. The molecule has 7 nitrogen and oxygen atoms in total. The van der Waals surface area contributed by atoms with Crippen molar-refractivity contribution in [3.05, 3.63) is 70.7 Å². The summed E-state index contributed by atoms with van der Waals surface area (Å²) in [4.78, 5) is 7.55. The number of nitrogens with zero attached hydrogens (tertiary/aromatic N) is 4. The molecule has 2 atom stereocenters. The third-order valence-electron chi connectivity index (χ3n) is 6.64. The van der Waals surface area contributed by atoms with Gasteiger partial charge in [-0.3, -0.25) is 9.80 Å². The first-order valence-electron chi connectivity index (χ1n) is 11.6. The fourth-order valence-corrected chi connectivity index (χ4v) is 7.11. The van der Waals surface area contributed by atoms with Gasteiger partial charge in [0.1, 0.15) is 28.7 Å². The van der Waals surface area contributed by atoms with E-state index >= 15 is 0 Å². The van der Waals surface area contributed by atoms with Crippen molar-refractivity contribution in [3.8, 4) is 5.75 Å². The standard InChI is InChI=1S/C24H24F4N4O3S2/c25-17-3-1-16(2-4-17)21-12-31(14-24(26,27)28)8-9-32(21)20-7-10-35-22-11-18(5-6-19(20)22)37(33,34)13-23-29-15-30-36-23/h1-6,11,15,20-21H,7-10,12-14H2/t20-,21-/m0/s1. The van der Waals surface area contributed by atoms with Crippen molar-refractivity contribution in [2.75, 3.05) is 32.8 Å². The van der Waals surface area contributed by atoms with Crippen molar-refractivity contribution >= 4 is 21.4 Å². The van der Waals surface area contributed by atoms with Crippen molar-refractivity contribution in [1.29, 1.82) is 0 Å². The third kappa shape index (κ3) is 5.95. The molecule has 0 N–H and O–H groups in total. The molecule has 0 bridgehead atoms. The number of ether oxygens (including phenoxy) is 1. The molecule has 0 spiro atoms. The number of benzene rings is 2. The average molecular weight is 557 g/mol. The molecule has 3 aromatic rings. The van der Waals surface area contributed by atoms with Crippen LogP contribution in [-0.4, -0.2) is 66.5 Å². The minimum atomic E-state index is -4.32. The summed E-state index contributed by atoms with van der Waals surface area (Å²) in [5.41, 5.74) is 1.50. The summed E-state index contributed by atoms with van der Waals surface area (Å²) in [5, 5.41) is 0.385. The Kier molecular flexibility index (Phi) is 7.22. The second-order valence-electron chi connectivity index (χ2n) is 9.10. The molecule has 0 saturated carbocycles. The highest BCUT2D eigenvalue weighted by Crippen LogP contribution is 2.42. The SMILES string of the molecule is O=S(=O)(Cc1ncns1)c1ccc2c(c1)OCC[C@@H]2N1CCN(CC(F)(F)F)C[C@H]1c1ccc(F)cc1. The predicted molar refractivity (Wildman–Crippen MR) is 128 cm³/mol. The Hall–Kier alpha value is -2.61. The summed E-state index contributed by atoms with van der Waals surface area (Å²) >= 11 is 1.02. The molecule has 2 aliphatic rings. The molecule has 0 radical (unpaired) electrons. The van der Waals surface area contributed by atoms with Crippen LogP contribution in [0.2, 0.25) is 0 Å². The van der Waals surface area contributed by atoms with Crippen LogP contribution in [0.3, 0.4) is 0 Å². The molecule has 3 heterocycles. The molecule has 0 amide bonds. The van der Waals surface area contributed by atoms with Crippen molar-refractivity contribution in [2.45, 2.75) is 35.3 Å². The lowest BCUT2D eigenvalue weighted by Crippen LogP contribution is -2.52. The first-order valence-corrected chi connectivity index (χ1v) is 14.1. The molecular formula is C24H24F4N4O3S2. The Morgan fingerprint density at radius 1 is 1.08 bits per heavy atom. The summed E-state index contributed by atoms with van der Waals surface area (Å²) < 4.78 is 88.6. The highest BCUT2D eigenvalue weighted by molar-refractivity contribution is 7.90. The normalized spacial score (nSPS) is 21.4. The van der Waals surface area contributed by atoms with Crippen LogP contribution in [0, 0.1) is 5.82 Å². The van der Waals surface area contributed by atoms with Crippen LogP contribution in [-0.2, 0) is 15.6 Å². The summed E-state index contributed by atoms with van der Waals surface area (Å²) in [6, 6.07) is 9.97. The van der Waals surface area contributed by atoms with Gasteiger partial charge in [-0.25, -0.2) is 17.8 Å². The van der Waals surface area contributed by atoms with Gasteiger partial charge < -0.3 is 4.74 Å². The van der Waals surface area contributed by atoms with Gasteiger partial charge in [0.2, 0.25) is 0 Å². The van der Waals surface area contributed by atoms with Gasteiger partial charge in [-0.1, -0.05) is 18.2 Å². The summed E-state index contributed by atoms with van der Waals surface area (Å²) in [7, 11) is -3.68. The molecule has 0 aliphatic carbocycles. The number of hydrogen-bond acceptors (Lipinski definition) is 8. The number of fused-ring (bicyclic) bond motifs is 1. The van der Waals surface area contributed by atoms with Crippen molar-refractivity contribution in [3.63, 3.8) is 0 Å². The Balaban J connectivity index is 1.44. The van der Waals surface area contributed by atoms with Crippen molar-refractivity contribution in [2.24, 2.45) is 0 Å². The molecular weight excluding hydrogens is 532 g/mol. The zero-order valence-corrected chi connectivity index (χ0v) is 21.2. The van der Waals surface area contributed by atoms with E-state index in [1.807, 2.05) is 0 Å². The van der Waals surface area contributed by atoms with E-state index in [-0.39, 0.29) is 29.8 Å². The smallest absolute Gasteiger partial charge is 0.401 e.